The van der Waals surface area contributed by atoms with E-state index in [1.54, 1.807) is 40.9 Å². The van der Waals surface area contributed by atoms with Crippen LogP contribution in [0.1, 0.15) is 32.9 Å². The maximum Gasteiger partial charge on any atom is 0.411 e. The number of nitrogens with zero attached hydrogens (tertiary/aromatic N) is 3. The molecule has 1 amide bonds. The van der Waals surface area contributed by atoms with E-state index in [1.165, 1.54) is 12.0 Å². The quantitative estimate of drug-likeness (QED) is 0.700. The van der Waals surface area contributed by atoms with Gasteiger partial charge in [0.2, 0.25) is 5.88 Å². The van der Waals surface area contributed by atoms with Crippen LogP contribution in [0.3, 0.4) is 0 Å². The molecule has 1 aromatic heterocycles. The first-order valence-electron chi connectivity index (χ1n) is 9.67. The highest BCUT2D eigenvalue weighted by Gasteiger charge is 2.43. The Labute approximate surface area is 175 Å². The van der Waals surface area contributed by atoms with Gasteiger partial charge in [0.25, 0.3) is 0 Å². The van der Waals surface area contributed by atoms with Crippen molar-refractivity contribution in [1.82, 2.24) is 14.9 Å². The van der Waals surface area contributed by atoms with Crippen LogP contribution in [0.5, 0.6) is 11.6 Å². The lowest BCUT2D eigenvalue weighted by atomic mass is 10.2. The molecule has 162 valence electrons. The number of benzene rings is 1. The number of carbonyl (C=O) groups is 2. The summed E-state index contributed by atoms with van der Waals surface area (Å²) in [5, 5.41) is 0. The zero-order chi connectivity index (χ0) is 22.1. The van der Waals surface area contributed by atoms with E-state index in [1.807, 2.05) is 12.1 Å². The summed E-state index contributed by atoms with van der Waals surface area (Å²) in [6.45, 7) is 7.27. The number of likely N-dealkylation sites (tertiary alicyclic amines) is 1. The summed E-state index contributed by atoms with van der Waals surface area (Å²) in [7, 11) is 2.87. The van der Waals surface area contributed by atoms with Crippen molar-refractivity contribution in [3.63, 3.8) is 0 Å². The van der Waals surface area contributed by atoms with Crippen molar-refractivity contribution in [2.45, 2.75) is 51.9 Å². The third-order valence-electron chi connectivity index (χ3n) is 4.64. The number of carbonyl (C=O) groups excluding carboxylic acids is 2. The van der Waals surface area contributed by atoms with Gasteiger partial charge >= 0.3 is 12.1 Å². The Balaban J connectivity index is 1.83. The van der Waals surface area contributed by atoms with Crippen LogP contribution >= 0.6 is 0 Å². The molecule has 1 aromatic carbocycles. The molecule has 1 fully saturated rings. The highest BCUT2D eigenvalue weighted by atomic mass is 16.6. The van der Waals surface area contributed by atoms with Crippen LogP contribution in [0.2, 0.25) is 0 Å². The van der Waals surface area contributed by atoms with Crippen molar-refractivity contribution in [3.05, 3.63) is 23.9 Å². The number of ether oxygens (including phenoxy) is 4. The van der Waals surface area contributed by atoms with Gasteiger partial charge in [-0.25, -0.2) is 19.6 Å². The molecule has 30 heavy (non-hydrogen) atoms. The SMILES string of the molecule is COC(=O)[C@@H]1C[C@@H](Oc2nc3cc(OC)ccc3nc2C)CN1C(=O)OC(C)(C)C. The van der Waals surface area contributed by atoms with Gasteiger partial charge in [-0.2, -0.15) is 0 Å². The predicted octanol–water partition coefficient (Wildman–Crippen LogP) is 2.88. The molecule has 0 spiro atoms. The van der Waals surface area contributed by atoms with E-state index in [0.717, 1.165) is 5.52 Å². The molecule has 3 rings (SSSR count). The topological polar surface area (TPSA) is 100 Å². The Kier molecular flexibility index (Phi) is 6.00. The van der Waals surface area contributed by atoms with Crippen molar-refractivity contribution >= 4 is 23.1 Å². The standard InChI is InChI=1S/C21H27N3O6/c1-12-18(23-16-9-13(27-5)7-8-15(16)22-12)29-14-10-17(19(25)28-6)24(11-14)20(26)30-21(2,3)4/h7-9,14,17H,10-11H2,1-6H3/t14-,17+/m1/s1. The summed E-state index contributed by atoms with van der Waals surface area (Å²) >= 11 is 0. The van der Waals surface area contributed by atoms with E-state index < -0.39 is 29.8 Å². The third kappa shape index (κ3) is 4.72. The summed E-state index contributed by atoms with van der Waals surface area (Å²) in [6, 6.07) is 4.62. The number of amides is 1. The second-order valence-corrected chi connectivity index (χ2v) is 8.12. The molecule has 1 saturated heterocycles. The van der Waals surface area contributed by atoms with Gasteiger partial charge in [0.05, 0.1) is 31.8 Å². The smallest absolute Gasteiger partial charge is 0.411 e. The van der Waals surface area contributed by atoms with Crippen LogP contribution in [0.4, 0.5) is 4.79 Å². The number of aryl methyl sites for hydroxylation is 1. The number of fused-ring (bicyclic) bond motifs is 1. The van der Waals surface area contributed by atoms with Crippen molar-refractivity contribution in [1.29, 1.82) is 0 Å². The van der Waals surface area contributed by atoms with E-state index >= 15 is 0 Å². The van der Waals surface area contributed by atoms with Crippen LogP contribution in [-0.2, 0) is 14.3 Å². The van der Waals surface area contributed by atoms with E-state index in [0.29, 0.717) is 22.8 Å². The first-order chi connectivity index (χ1) is 14.1. The minimum atomic E-state index is -0.788. The molecule has 9 nitrogen and oxygen atoms in total. The Hall–Kier alpha value is -3.10. The van der Waals surface area contributed by atoms with Gasteiger partial charge in [-0.3, -0.25) is 4.90 Å². The van der Waals surface area contributed by atoms with Gasteiger partial charge in [0.1, 0.15) is 29.2 Å². The lowest BCUT2D eigenvalue weighted by Crippen LogP contribution is -2.44. The van der Waals surface area contributed by atoms with E-state index in [9.17, 15) is 9.59 Å². The molecule has 0 aliphatic carbocycles. The first-order valence-corrected chi connectivity index (χ1v) is 9.67. The zero-order valence-corrected chi connectivity index (χ0v) is 18.1. The number of methoxy groups -OCH3 is 2. The average Bonchev–Trinajstić information content (AvgIpc) is 3.10. The summed E-state index contributed by atoms with van der Waals surface area (Å²) in [6.07, 6.45) is -0.781. The fourth-order valence-electron chi connectivity index (χ4n) is 3.27. The molecule has 1 aliphatic rings. The molecule has 0 bridgehead atoms. The third-order valence-corrected chi connectivity index (χ3v) is 4.64. The predicted molar refractivity (Wildman–Crippen MR) is 109 cm³/mol. The molecule has 2 heterocycles. The van der Waals surface area contributed by atoms with Crippen LogP contribution in [-0.4, -0.2) is 65.4 Å². The summed E-state index contributed by atoms with van der Waals surface area (Å²) in [5.74, 6) is 0.489. The maximum absolute atomic E-state index is 12.6. The number of esters is 1. The molecule has 2 aromatic rings. The van der Waals surface area contributed by atoms with E-state index in [4.69, 9.17) is 18.9 Å². The lowest BCUT2D eigenvalue weighted by molar-refractivity contribution is -0.145. The summed E-state index contributed by atoms with van der Waals surface area (Å²) < 4.78 is 21.6. The molecule has 0 radical (unpaired) electrons. The number of hydrogen-bond acceptors (Lipinski definition) is 8. The van der Waals surface area contributed by atoms with Gasteiger partial charge in [-0.15, -0.1) is 0 Å². The monoisotopic (exact) mass is 417 g/mol. The van der Waals surface area contributed by atoms with Crippen LogP contribution in [0.15, 0.2) is 18.2 Å². The highest BCUT2D eigenvalue weighted by Crippen LogP contribution is 2.28. The summed E-state index contributed by atoms with van der Waals surface area (Å²) in [4.78, 5) is 35.3. The minimum Gasteiger partial charge on any atom is -0.497 e. The highest BCUT2D eigenvalue weighted by molar-refractivity contribution is 5.82. The molecule has 9 heteroatoms. The van der Waals surface area contributed by atoms with Gasteiger partial charge in [0, 0.05) is 12.5 Å². The maximum atomic E-state index is 12.6. The Morgan fingerprint density at radius 1 is 1.13 bits per heavy atom. The van der Waals surface area contributed by atoms with Crippen molar-refractivity contribution < 1.29 is 28.5 Å². The second kappa shape index (κ2) is 8.33. The summed E-state index contributed by atoms with van der Waals surface area (Å²) in [5.41, 5.74) is 1.27. The zero-order valence-electron chi connectivity index (χ0n) is 18.1. The van der Waals surface area contributed by atoms with Crippen molar-refractivity contribution in [2.24, 2.45) is 0 Å². The van der Waals surface area contributed by atoms with Gasteiger partial charge in [-0.1, -0.05) is 0 Å². The second-order valence-electron chi connectivity index (χ2n) is 8.12. The number of aromatic nitrogens is 2. The fourth-order valence-corrected chi connectivity index (χ4v) is 3.27. The largest absolute Gasteiger partial charge is 0.497 e. The molecule has 0 saturated carbocycles. The Bertz CT molecular complexity index is 956. The van der Waals surface area contributed by atoms with Gasteiger partial charge in [-0.05, 0) is 39.8 Å². The minimum absolute atomic E-state index is 0.173. The van der Waals surface area contributed by atoms with Crippen LogP contribution in [0.25, 0.3) is 11.0 Å². The normalized spacial score (nSPS) is 18.9. The number of rotatable bonds is 4. The van der Waals surface area contributed by atoms with Crippen LogP contribution < -0.4 is 9.47 Å². The van der Waals surface area contributed by atoms with Gasteiger partial charge < -0.3 is 18.9 Å². The van der Waals surface area contributed by atoms with Gasteiger partial charge in [0.15, 0.2) is 0 Å². The van der Waals surface area contributed by atoms with Crippen molar-refractivity contribution in [3.8, 4) is 11.6 Å². The molecule has 2 atom stereocenters. The van der Waals surface area contributed by atoms with E-state index in [-0.39, 0.29) is 13.0 Å². The van der Waals surface area contributed by atoms with E-state index in [2.05, 4.69) is 9.97 Å². The van der Waals surface area contributed by atoms with Crippen molar-refractivity contribution in [2.75, 3.05) is 20.8 Å². The molecular formula is C21H27N3O6. The first kappa shape index (κ1) is 21.6. The molecule has 1 aliphatic heterocycles. The number of hydrogen-bond donors (Lipinski definition) is 0. The van der Waals surface area contributed by atoms with Crippen LogP contribution in [0, 0.1) is 6.92 Å². The Morgan fingerprint density at radius 2 is 1.87 bits per heavy atom. The lowest BCUT2D eigenvalue weighted by Gasteiger charge is -2.27. The average molecular weight is 417 g/mol. The molecular weight excluding hydrogens is 390 g/mol. The Morgan fingerprint density at radius 3 is 2.50 bits per heavy atom. The fraction of sp³-hybridized carbons (Fsp3) is 0.524. The molecule has 0 unspecified atom stereocenters. The molecule has 0 N–H and O–H groups in total.